The van der Waals surface area contributed by atoms with Gasteiger partial charge in [0, 0.05) is 12.1 Å². The number of hydrogen-bond donors (Lipinski definition) is 0. The molecule has 156 valence electrons. The van der Waals surface area contributed by atoms with Gasteiger partial charge in [0.2, 0.25) is 0 Å². The largest absolute Gasteiger partial charge is 0.493 e. The van der Waals surface area contributed by atoms with Gasteiger partial charge in [-0.15, -0.1) is 0 Å². The van der Waals surface area contributed by atoms with Crippen molar-refractivity contribution in [2.24, 2.45) is 4.40 Å². The quantitative estimate of drug-likeness (QED) is 0.691. The summed E-state index contributed by atoms with van der Waals surface area (Å²) in [5.74, 6) is 0.347. The number of piperidine rings is 1. The average Bonchev–Trinajstić information content (AvgIpc) is 2.71. The van der Waals surface area contributed by atoms with E-state index in [1.54, 1.807) is 0 Å². The molecule has 1 amide bonds. The lowest BCUT2D eigenvalue weighted by atomic mass is 9.99. The van der Waals surface area contributed by atoms with E-state index in [-0.39, 0.29) is 24.7 Å². The molecule has 9 heteroatoms. The molecule has 2 atom stereocenters. The van der Waals surface area contributed by atoms with E-state index >= 15 is 0 Å². The summed E-state index contributed by atoms with van der Waals surface area (Å²) in [5, 5.41) is 0. The van der Waals surface area contributed by atoms with E-state index < -0.39 is 10.0 Å². The van der Waals surface area contributed by atoms with Crippen LogP contribution in [-0.2, 0) is 24.3 Å². The van der Waals surface area contributed by atoms with E-state index in [1.807, 2.05) is 24.3 Å². The zero-order valence-electron chi connectivity index (χ0n) is 16.2. The molecule has 0 saturated carbocycles. The van der Waals surface area contributed by atoms with Gasteiger partial charge >= 0.3 is 0 Å². The average molecular weight is 420 g/mol. The van der Waals surface area contributed by atoms with Gasteiger partial charge in [0.25, 0.3) is 15.9 Å². The predicted octanol–water partition coefficient (Wildman–Crippen LogP) is 2.18. The first kappa shape index (κ1) is 19.9. The Morgan fingerprint density at radius 2 is 2.03 bits per heavy atom. The van der Waals surface area contributed by atoms with Crippen LogP contribution in [0.3, 0.4) is 0 Å². The van der Waals surface area contributed by atoms with Gasteiger partial charge in [0.1, 0.15) is 23.8 Å². The normalized spacial score (nSPS) is 28.6. The third kappa shape index (κ3) is 4.62. The summed E-state index contributed by atoms with van der Waals surface area (Å²) in [7, 11) is -3.60. The number of rotatable bonds is 1. The lowest BCUT2D eigenvalue weighted by Gasteiger charge is -2.31. The first-order chi connectivity index (χ1) is 13.9. The lowest BCUT2D eigenvalue weighted by molar-refractivity contribution is -0.131. The highest BCUT2D eigenvalue weighted by Gasteiger charge is 2.31. The van der Waals surface area contributed by atoms with Crippen LogP contribution < -0.4 is 4.74 Å². The van der Waals surface area contributed by atoms with Crippen LogP contribution >= 0.6 is 0 Å². The Kier molecular flexibility index (Phi) is 5.60. The molecule has 2 fully saturated rings. The number of ether oxygens (including phenoxy) is 3. The molecule has 2 saturated heterocycles. The van der Waals surface area contributed by atoms with E-state index in [2.05, 4.69) is 4.40 Å². The third-order valence-electron chi connectivity index (χ3n) is 5.18. The number of hydrogen-bond acceptors (Lipinski definition) is 6. The summed E-state index contributed by atoms with van der Waals surface area (Å²) in [6, 6.07) is 7.57. The maximum atomic E-state index is 12.9. The minimum absolute atomic E-state index is 0.112. The van der Waals surface area contributed by atoms with Crippen molar-refractivity contribution in [3.05, 3.63) is 41.8 Å². The first-order valence-corrected chi connectivity index (χ1v) is 11.5. The van der Waals surface area contributed by atoms with Crippen LogP contribution in [0.4, 0.5) is 0 Å². The highest BCUT2D eigenvalue weighted by molar-refractivity contribution is 7.89. The van der Waals surface area contributed by atoms with Gasteiger partial charge in [-0.2, -0.15) is 4.40 Å². The first-order valence-electron chi connectivity index (χ1n) is 9.69. The SMILES string of the molecule is CS(=O)(=O)/N=C1CCCN2C(=O)COc3ccccc3C3CC[C@@H](CO3)O\C=C\12. The standard InChI is InChI=1S/C20H24N2O6S/c1-29(24,25)21-16-6-4-10-22-17(16)12-26-14-8-9-19(27-11-14)15-5-2-3-7-18(15)28-13-20(22)23/h2-3,5,7,12,14,19H,4,6,8-11,13H2,1H3/b17-12-,21-16+/t14-,19?/m0/s1. The molecule has 2 bridgehead atoms. The van der Waals surface area contributed by atoms with Crippen LogP contribution in [0.5, 0.6) is 5.75 Å². The number of para-hydroxylation sites is 1. The molecule has 4 heterocycles. The van der Waals surface area contributed by atoms with Gasteiger partial charge < -0.3 is 19.1 Å². The van der Waals surface area contributed by atoms with E-state index in [1.165, 1.54) is 11.2 Å². The van der Waals surface area contributed by atoms with Crippen molar-refractivity contribution >= 4 is 21.6 Å². The van der Waals surface area contributed by atoms with Crippen molar-refractivity contribution in [3.63, 3.8) is 0 Å². The summed E-state index contributed by atoms with van der Waals surface area (Å²) in [4.78, 5) is 14.4. The number of fused-ring (bicyclic) bond motifs is 5. The molecule has 0 N–H and O–H groups in total. The number of carbonyl (C=O) groups is 1. The number of allylic oxidation sites excluding steroid dienone is 1. The fourth-order valence-corrected chi connectivity index (χ4v) is 4.41. The van der Waals surface area contributed by atoms with Gasteiger partial charge in [-0.05, 0) is 31.7 Å². The summed E-state index contributed by atoms with van der Waals surface area (Å²) in [6.45, 7) is 0.678. The Bertz CT molecular complexity index is 947. The lowest BCUT2D eigenvalue weighted by Crippen LogP contribution is -2.41. The van der Waals surface area contributed by atoms with Crippen molar-refractivity contribution in [2.45, 2.75) is 37.9 Å². The van der Waals surface area contributed by atoms with Gasteiger partial charge in [-0.25, -0.2) is 8.42 Å². The maximum absolute atomic E-state index is 12.9. The van der Waals surface area contributed by atoms with E-state index in [0.717, 1.165) is 24.7 Å². The molecule has 1 aromatic rings. The molecule has 8 nitrogen and oxygen atoms in total. The van der Waals surface area contributed by atoms with Crippen LogP contribution in [0.15, 0.2) is 40.6 Å². The smallest absolute Gasteiger partial charge is 0.265 e. The summed E-state index contributed by atoms with van der Waals surface area (Å²) in [5.41, 5.74) is 1.63. The highest BCUT2D eigenvalue weighted by Crippen LogP contribution is 2.35. The molecule has 29 heavy (non-hydrogen) atoms. The zero-order valence-corrected chi connectivity index (χ0v) is 17.1. The van der Waals surface area contributed by atoms with E-state index in [9.17, 15) is 13.2 Å². The zero-order chi connectivity index (χ0) is 20.4. The fourth-order valence-electron chi connectivity index (χ4n) is 3.83. The number of nitrogens with zero attached hydrogens (tertiary/aromatic N) is 2. The topological polar surface area (TPSA) is 94.5 Å². The second-order valence-electron chi connectivity index (χ2n) is 7.41. The molecule has 1 aromatic carbocycles. The minimum Gasteiger partial charge on any atom is -0.493 e. The third-order valence-corrected chi connectivity index (χ3v) is 5.73. The number of sulfonamides is 1. The van der Waals surface area contributed by atoms with E-state index in [0.29, 0.717) is 43.2 Å². The molecule has 0 spiro atoms. The Morgan fingerprint density at radius 3 is 2.79 bits per heavy atom. The van der Waals surface area contributed by atoms with Crippen molar-refractivity contribution in [3.8, 4) is 5.75 Å². The van der Waals surface area contributed by atoms with Crippen LogP contribution in [-0.4, -0.2) is 57.1 Å². The van der Waals surface area contributed by atoms with Gasteiger partial charge in [-0.3, -0.25) is 4.79 Å². The molecule has 1 unspecified atom stereocenters. The summed E-state index contributed by atoms with van der Waals surface area (Å²) >= 11 is 0. The molecule has 4 aliphatic heterocycles. The molecule has 0 aromatic heterocycles. The van der Waals surface area contributed by atoms with Crippen molar-refractivity contribution in [1.29, 1.82) is 0 Å². The number of carbonyl (C=O) groups excluding carboxylic acids is 1. The van der Waals surface area contributed by atoms with Crippen LogP contribution in [0.2, 0.25) is 0 Å². The number of benzene rings is 1. The second-order valence-corrected chi connectivity index (χ2v) is 9.06. The Balaban J connectivity index is 1.70. The van der Waals surface area contributed by atoms with Crippen LogP contribution in [0.25, 0.3) is 0 Å². The second kappa shape index (κ2) is 8.16. The minimum atomic E-state index is -3.60. The molecule has 5 rings (SSSR count). The molecule has 4 aliphatic rings. The van der Waals surface area contributed by atoms with Gasteiger partial charge in [0.05, 0.1) is 24.7 Å². The summed E-state index contributed by atoms with van der Waals surface area (Å²) in [6.07, 6.45) is 4.81. The van der Waals surface area contributed by atoms with Crippen molar-refractivity contribution in [2.75, 3.05) is 26.0 Å². The predicted molar refractivity (Wildman–Crippen MR) is 106 cm³/mol. The van der Waals surface area contributed by atoms with Gasteiger partial charge in [0.15, 0.2) is 6.61 Å². The van der Waals surface area contributed by atoms with Crippen molar-refractivity contribution < 1.29 is 27.4 Å². The van der Waals surface area contributed by atoms with E-state index in [4.69, 9.17) is 14.2 Å². The van der Waals surface area contributed by atoms with Crippen molar-refractivity contribution in [1.82, 2.24) is 4.90 Å². The maximum Gasteiger partial charge on any atom is 0.265 e. The molecular weight excluding hydrogens is 396 g/mol. The highest BCUT2D eigenvalue weighted by atomic mass is 32.2. The molecule has 0 radical (unpaired) electrons. The molecular formula is C20H24N2O6S. The van der Waals surface area contributed by atoms with Gasteiger partial charge in [-0.1, -0.05) is 18.2 Å². The Hall–Kier alpha value is -2.39. The Morgan fingerprint density at radius 1 is 1.21 bits per heavy atom. The molecule has 0 aliphatic carbocycles. The van der Waals surface area contributed by atoms with Crippen LogP contribution in [0.1, 0.15) is 37.4 Å². The summed E-state index contributed by atoms with van der Waals surface area (Å²) < 4.78 is 45.1. The number of amides is 1. The fraction of sp³-hybridized carbons (Fsp3) is 0.500. The Labute approximate surface area is 170 Å². The van der Waals surface area contributed by atoms with Crippen LogP contribution in [0, 0.1) is 0 Å². The monoisotopic (exact) mass is 420 g/mol.